The number of amides is 2. The maximum absolute atomic E-state index is 12.6. The molecule has 1 spiro atoms. The average Bonchev–Trinajstić information content (AvgIpc) is 2.95. The standard InChI is InChI=1S/C22H30N4O/c1-25(2)22(18-7-4-3-5-8-18)13-11-21(12-14-22)16-24-19(27)26(21)17-20(15-23)9-6-10-20/h3-5,7-8H,6,9-14,16-17H2,1-2H3,(H,24,27)/t21-,22+. The van der Waals surface area contributed by atoms with E-state index < -0.39 is 0 Å². The average molecular weight is 367 g/mol. The number of carbonyl (C=O) groups is 1. The predicted octanol–water partition coefficient (Wildman–Crippen LogP) is 3.48. The maximum Gasteiger partial charge on any atom is 0.318 e. The van der Waals surface area contributed by atoms with Crippen LogP contribution in [0, 0.1) is 16.7 Å². The van der Waals surface area contributed by atoms with Gasteiger partial charge in [-0.25, -0.2) is 4.79 Å². The van der Waals surface area contributed by atoms with Gasteiger partial charge in [0.2, 0.25) is 0 Å². The Balaban J connectivity index is 1.57. The van der Waals surface area contributed by atoms with Crippen LogP contribution in [0.25, 0.3) is 0 Å². The number of hydrogen-bond donors (Lipinski definition) is 1. The van der Waals surface area contributed by atoms with E-state index in [2.05, 4.69) is 60.7 Å². The molecule has 1 aromatic rings. The third-order valence-corrected chi connectivity index (χ3v) is 7.57. The zero-order chi connectivity index (χ0) is 19.1. The molecule has 0 radical (unpaired) electrons. The van der Waals surface area contributed by atoms with Crippen molar-refractivity contribution in [3.8, 4) is 6.07 Å². The van der Waals surface area contributed by atoms with Gasteiger partial charge >= 0.3 is 6.03 Å². The van der Waals surface area contributed by atoms with Crippen LogP contribution in [-0.2, 0) is 5.54 Å². The molecule has 1 N–H and O–H groups in total. The quantitative estimate of drug-likeness (QED) is 0.887. The molecule has 1 saturated heterocycles. The normalized spacial score (nSPS) is 32.2. The second kappa shape index (κ2) is 6.53. The maximum atomic E-state index is 12.6. The van der Waals surface area contributed by atoms with Crippen LogP contribution in [0.1, 0.15) is 50.5 Å². The Morgan fingerprint density at radius 3 is 2.30 bits per heavy atom. The van der Waals surface area contributed by atoms with Gasteiger partial charge in [-0.15, -0.1) is 0 Å². The number of nitriles is 1. The molecule has 27 heavy (non-hydrogen) atoms. The van der Waals surface area contributed by atoms with Gasteiger partial charge in [0.15, 0.2) is 0 Å². The fourth-order valence-electron chi connectivity index (χ4n) is 5.42. The fourth-order valence-corrected chi connectivity index (χ4v) is 5.42. The number of urea groups is 1. The van der Waals surface area contributed by atoms with Crippen molar-refractivity contribution in [1.82, 2.24) is 15.1 Å². The van der Waals surface area contributed by atoms with Crippen molar-refractivity contribution in [2.24, 2.45) is 5.41 Å². The lowest BCUT2D eigenvalue weighted by molar-refractivity contribution is 0.00812. The summed E-state index contributed by atoms with van der Waals surface area (Å²) in [5.41, 5.74) is 0.934. The van der Waals surface area contributed by atoms with E-state index in [1.165, 1.54) is 5.56 Å². The molecule has 0 unspecified atom stereocenters. The zero-order valence-electron chi connectivity index (χ0n) is 16.5. The van der Waals surface area contributed by atoms with Crippen LogP contribution in [0.4, 0.5) is 4.79 Å². The van der Waals surface area contributed by atoms with Crippen molar-refractivity contribution < 1.29 is 4.79 Å². The Bertz CT molecular complexity index is 739. The molecule has 0 atom stereocenters. The van der Waals surface area contributed by atoms with Crippen molar-refractivity contribution in [3.63, 3.8) is 0 Å². The van der Waals surface area contributed by atoms with Crippen LogP contribution in [0.3, 0.4) is 0 Å². The fraction of sp³-hybridized carbons (Fsp3) is 0.636. The van der Waals surface area contributed by atoms with Gasteiger partial charge in [0.1, 0.15) is 0 Å². The van der Waals surface area contributed by atoms with Crippen molar-refractivity contribution in [2.75, 3.05) is 27.2 Å². The summed E-state index contributed by atoms with van der Waals surface area (Å²) in [6.07, 6.45) is 6.95. The zero-order valence-corrected chi connectivity index (χ0v) is 16.5. The summed E-state index contributed by atoms with van der Waals surface area (Å²) in [6, 6.07) is 13.3. The van der Waals surface area contributed by atoms with Crippen LogP contribution in [0.5, 0.6) is 0 Å². The second-order valence-corrected chi connectivity index (χ2v) is 9.01. The molecule has 5 nitrogen and oxygen atoms in total. The largest absolute Gasteiger partial charge is 0.336 e. The van der Waals surface area contributed by atoms with Crippen molar-refractivity contribution in [1.29, 1.82) is 5.26 Å². The Morgan fingerprint density at radius 1 is 1.11 bits per heavy atom. The molecular formula is C22H30N4O. The Labute approximate surface area is 162 Å². The van der Waals surface area contributed by atoms with Gasteiger partial charge in [-0.1, -0.05) is 36.8 Å². The van der Waals surface area contributed by atoms with Crippen LogP contribution in [-0.4, -0.2) is 48.6 Å². The molecule has 0 aromatic heterocycles. The first-order valence-corrected chi connectivity index (χ1v) is 10.2. The molecule has 144 valence electrons. The first kappa shape index (κ1) is 18.3. The summed E-state index contributed by atoms with van der Waals surface area (Å²) in [5, 5.41) is 12.7. The second-order valence-electron chi connectivity index (χ2n) is 9.01. The summed E-state index contributed by atoms with van der Waals surface area (Å²) in [4.78, 5) is 17.0. The number of carbonyl (C=O) groups excluding carboxylic acids is 1. The van der Waals surface area contributed by atoms with Crippen LogP contribution >= 0.6 is 0 Å². The summed E-state index contributed by atoms with van der Waals surface area (Å²) < 4.78 is 0. The highest BCUT2D eigenvalue weighted by atomic mass is 16.2. The van der Waals surface area contributed by atoms with Crippen LogP contribution < -0.4 is 5.32 Å². The highest BCUT2D eigenvalue weighted by Crippen LogP contribution is 2.49. The van der Waals surface area contributed by atoms with E-state index >= 15 is 0 Å². The van der Waals surface area contributed by atoms with E-state index in [-0.39, 0.29) is 22.5 Å². The van der Waals surface area contributed by atoms with Gasteiger partial charge in [-0.3, -0.25) is 4.90 Å². The number of hydrogen-bond acceptors (Lipinski definition) is 3. The number of nitrogens with zero attached hydrogens (tertiary/aromatic N) is 3. The smallest absolute Gasteiger partial charge is 0.318 e. The minimum atomic E-state index is -0.315. The van der Waals surface area contributed by atoms with E-state index in [4.69, 9.17) is 0 Å². The summed E-state index contributed by atoms with van der Waals surface area (Å²) in [5.74, 6) is 0. The minimum absolute atomic E-state index is 0.0210. The van der Waals surface area contributed by atoms with Gasteiger partial charge < -0.3 is 10.2 Å². The van der Waals surface area contributed by atoms with E-state index in [9.17, 15) is 10.1 Å². The number of nitrogens with one attached hydrogen (secondary N) is 1. The van der Waals surface area contributed by atoms with E-state index in [0.717, 1.165) is 44.9 Å². The van der Waals surface area contributed by atoms with Crippen molar-refractivity contribution >= 4 is 6.03 Å². The van der Waals surface area contributed by atoms with E-state index in [0.29, 0.717) is 13.1 Å². The van der Waals surface area contributed by atoms with Gasteiger partial charge in [-0.05, 0) is 58.2 Å². The monoisotopic (exact) mass is 366 g/mol. The molecule has 2 aliphatic carbocycles. The molecule has 1 aliphatic heterocycles. The van der Waals surface area contributed by atoms with Crippen LogP contribution in [0.2, 0.25) is 0 Å². The summed E-state index contributed by atoms with van der Waals surface area (Å²) in [6.45, 7) is 1.31. The highest BCUT2D eigenvalue weighted by Gasteiger charge is 2.54. The van der Waals surface area contributed by atoms with Gasteiger partial charge in [-0.2, -0.15) is 5.26 Å². The molecular weight excluding hydrogens is 336 g/mol. The third kappa shape index (κ3) is 2.82. The molecule has 2 amide bonds. The van der Waals surface area contributed by atoms with Crippen LogP contribution in [0.15, 0.2) is 30.3 Å². The minimum Gasteiger partial charge on any atom is -0.336 e. The number of rotatable bonds is 4. The van der Waals surface area contributed by atoms with Gasteiger partial charge in [0.25, 0.3) is 0 Å². The highest BCUT2D eigenvalue weighted by molar-refractivity contribution is 5.78. The third-order valence-electron chi connectivity index (χ3n) is 7.57. The molecule has 1 heterocycles. The molecule has 5 heteroatoms. The van der Waals surface area contributed by atoms with Gasteiger partial charge in [0, 0.05) is 18.6 Å². The molecule has 0 bridgehead atoms. The lowest BCUT2D eigenvalue weighted by Gasteiger charge is -2.52. The van der Waals surface area contributed by atoms with Gasteiger partial charge in [0.05, 0.1) is 17.0 Å². The molecule has 1 aromatic carbocycles. The SMILES string of the molecule is CN(C)[C@]1(c2ccccc2)CC[C@]2(CC1)CNC(=O)N2CC1(C#N)CCC1. The topological polar surface area (TPSA) is 59.4 Å². The van der Waals surface area contributed by atoms with E-state index in [1.807, 2.05) is 4.90 Å². The van der Waals surface area contributed by atoms with Crippen molar-refractivity contribution in [3.05, 3.63) is 35.9 Å². The van der Waals surface area contributed by atoms with E-state index in [1.54, 1.807) is 0 Å². The first-order chi connectivity index (χ1) is 13.0. The predicted molar refractivity (Wildman–Crippen MR) is 105 cm³/mol. The first-order valence-electron chi connectivity index (χ1n) is 10.2. The Hall–Kier alpha value is -2.06. The molecule has 4 rings (SSSR count). The lowest BCUT2D eigenvalue weighted by Crippen LogP contribution is -2.57. The van der Waals surface area contributed by atoms with Crippen molar-refractivity contribution in [2.45, 2.75) is 56.0 Å². The Morgan fingerprint density at radius 2 is 1.78 bits per heavy atom. The number of benzene rings is 1. The lowest BCUT2D eigenvalue weighted by atomic mass is 9.66. The Kier molecular flexibility index (Phi) is 4.43. The molecule has 3 aliphatic rings. The molecule has 2 saturated carbocycles. The summed E-state index contributed by atoms with van der Waals surface area (Å²) in [7, 11) is 4.33. The molecule has 3 fully saturated rings. The summed E-state index contributed by atoms with van der Waals surface area (Å²) >= 11 is 0.